The monoisotopic (exact) mass is 336 g/mol. The third-order valence-corrected chi connectivity index (χ3v) is 4.42. The smallest absolute Gasteiger partial charge is 0.226 e. The van der Waals surface area contributed by atoms with Gasteiger partial charge in [-0.2, -0.15) is 0 Å². The zero-order chi connectivity index (χ0) is 15.2. The molecule has 2 aliphatic heterocycles. The molecule has 2 fully saturated rings. The summed E-state index contributed by atoms with van der Waals surface area (Å²) in [5, 5.41) is 4.15. The molecule has 0 bridgehead atoms. The third kappa shape index (κ3) is 2.60. The van der Waals surface area contributed by atoms with Gasteiger partial charge >= 0.3 is 0 Å². The van der Waals surface area contributed by atoms with Crippen molar-refractivity contribution in [3.8, 4) is 0 Å². The molecule has 0 amide bonds. The van der Waals surface area contributed by atoms with E-state index in [0.717, 1.165) is 37.8 Å². The summed E-state index contributed by atoms with van der Waals surface area (Å²) in [4.78, 5) is 10.7. The lowest BCUT2D eigenvalue weighted by atomic mass is 9.78. The van der Waals surface area contributed by atoms with Crippen LogP contribution in [-0.2, 0) is 4.74 Å². The van der Waals surface area contributed by atoms with Crippen molar-refractivity contribution in [2.45, 2.75) is 0 Å². The van der Waals surface area contributed by atoms with Crippen LogP contribution in [-0.4, -0.2) is 36.3 Å². The molecule has 2 saturated heterocycles. The fourth-order valence-electron chi connectivity index (χ4n) is 2.81. The maximum atomic E-state index is 6.05. The van der Waals surface area contributed by atoms with E-state index in [4.69, 9.17) is 27.9 Å². The van der Waals surface area contributed by atoms with Crippen LogP contribution in [0.25, 0.3) is 0 Å². The molecule has 3 heterocycles. The molecule has 4 rings (SSSR count). The van der Waals surface area contributed by atoms with E-state index in [-0.39, 0.29) is 5.28 Å². The minimum atomic E-state index is 0.236. The van der Waals surface area contributed by atoms with Crippen LogP contribution in [0.3, 0.4) is 0 Å². The second kappa shape index (κ2) is 5.26. The lowest BCUT2D eigenvalue weighted by Crippen LogP contribution is -2.66. The number of hydrogen-bond donors (Lipinski definition) is 1. The Hall–Kier alpha value is -1.56. The van der Waals surface area contributed by atoms with Crippen molar-refractivity contribution < 1.29 is 4.74 Å². The molecular formula is C15H14Cl2N4O. The lowest BCUT2D eigenvalue weighted by molar-refractivity contribution is -0.127. The number of nitrogens with one attached hydrogen (secondary N) is 1. The Labute approximate surface area is 138 Å². The largest absolute Gasteiger partial charge is 0.380 e. The molecular weight excluding hydrogens is 323 g/mol. The average molecular weight is 337 g/mol. The number of ether oxygens (including phenoxy) is 1. The molecule has 1 N–H and O–H groups in total. The molecule has 5 nitrogen and oxygen atoms in total. The van der Waals surface area contributed by atoms with E-state index in [1.165, 1.54) is 0 Å². The highest BCUT2D eigenvalue weighted by Gasteiger charge is 2.49. The molecule has 7 heteroatoms. The number of hydrogen-bond acceptors (Lipinski definition) is 5. The Bertz CT molecular complexity index is 695. The summed E-state index contributed by atoms with van der Waals surface area (Å²) in [7, 11) is 0. The predicted octanol–water partition coefficient (Wildman–Crippen LogP) is 3.36. The van der Waals surface area contributed by atoms with Gasteiger partial charge in [0.25, 0.3) is 0 Å². The SMILES string of the molecule is Clc1ccc(Nc2cc(N3CC4(COC4)C3)nc(Cl)n2)cc1. The van der Waals surface area contributed by atoms with Crippen LogP contribution in [0.4, 0.5) is 17.3 Å². The number of aromatic nitrogens is 2. The standard InChI is InChI=1S/C15H14Cl2N4O/c16-10-1-3-11(4-2-10)18-12-5-13(20-14(17)19-12)21-6-15(7-21)8-22-9-15/h1-5H,6-9H2,(H,18,19,20). The summed E-state index contributed by atoms with van der Waals surface area (Å²) < 4.78 is 5.29. The van der Waals surface area contributed by atoms with Gasteiger partial charge in [0, 0.05) is 29.9 Å². The van der Waals surface area contributed by atoms with Gasteiger partial charge < -0.3 is 15.0 Å². The Morgan fingerprint density at radius 3 is 2.45 bits per heavy atom. The van der Waals surface area contributed by atoms with E-state index < -0.39 is 0 Å². The molecule has 1 spiro atoms. The van der Waals surface area contributed by atoms with Gasteiger partial charge in [0.05, 0.1) is 18.6 Å². The molecule has 0 atom stereocenters. The summed E-state index contributed by atoms with van der Waals surface area (Å²) in [5.74, 6) is 1.51. The quantitative estimate of drug-likeness (QED) is 0.871. The van der Waals surface area contributed by atoms with Crippen LogP contribution in [0.15, 0.2) is 30.3 Å². The molecule has 2 aliphatic rings. The van der Waals surface area contributed by atoms with Crippen LogP contribution < -0.4 is 10.2 Å². The normalized spacial score (nSPS) is 18.7. The van der Waals surface area contributed by atoms with Crippen LogP contribution in [0.2, 0.25) is 10.3 Å². The molecule has 2 aromatic rings. The van der Waals surface area contributed by atoms with Crippen molar-refractivity contribution in [3.05, 3.63) is 40.6 Å². The van der Waals surface area contributed by atoms with Gasteiger partial charge in [0.1, 0.15) is 11.6 Å². The zero-order valence-corrected chi connectivity index (χ0v) is 13.2. The summed E-state index contributed by atoms with van der Waals surface area (Å²) in [5.41, 5.74) is 1.24. The van der Waals surface area contributed by atoms with Crippen LogP contribution in [0.1, 0.15) is 0 Å². The highest BCUT2D eigenvalue weighted by molar-refractivity contribution is 6.30. The highest BCUT2D eigenvalue weighted by Crippen LogP contribution is 2.40. The van der Waals surface area contributed by atoms with E-state index in [9.17, 15) is 0 Å². The van der Waals surface area contributed by atoms with Gasteiger partial charge in [-0.1, -0.05) is 11.6 Å². The van der Waals surface area contributed by atoms with E-state index >= 15 is 0 Å². The molecule has 1 aromatic carbocycles. The molecule has 114 valence electrons. The minimum Gasteiger partial charge on any atom is -0.380 e. The number of halogens is 2. The summed E-state index contributed by atoms with van der Waals surface area (Å²) >= 11 is 11.9. The number of nitrogens with zero attached hydrogens (tertiary/aromatic N) is 3. The van der Waals surface area contributed by atoms with Gasteiger partial charge in [-0.25, -0.2) is 9.97 Å². The minimum absolute atomic E-state index is 0.236. The Kier molecular flexibility index (Phi) is 3.36. The highest BCUT2D eigenvalue weighted by atomic mass is 35.5. The molecule has 1 aromatic heterocycles. The van der Waals surface area contributed by atoms with Crippen LogP contribution in [0, 0.1) is 5.41 Å². The zero-order valence-electron chi connectivity index (χ0n) is 11.7. The molecule has 0 radical (unpaired) electrons. The second-order valence-corrected chi connectivity index (χ2v) is 6.64. The Balaban J connectivity index is 1.52. The van der Waals surface area contributed by atoms with E-state index in [1.807, 2.05) is 30.3 Å². The Morgan fingerprint density at radius 1 is 1.09 bits per heavy atom. The summed E-state index contributed by atoms with van der Waals surface area (Å²) in [6, 6.07) is 9.34. The van der Waals surface area contributed by atoms with Gasteiger partial charge in [-0.3, -0.25) is 0 Å². The second-order valence-electron chi connectivity index (χ2n) is 5.86. The fraction of sp³-hybridized carbons (Fsp3) is 0.333. The summed E-state index contributed by atoms with van der Waals surface area (Å²) in [6.07, 6.45) is 0. The average Bonchev–Trinajstić information content (AvgIpc) is 2.38. The van der Waals surface area contributed by atoms with Crippen molar-refractivity contribution in [2.24, 2.45) is 5.41 Å². The molecule has 0 aliphatic carbocycles. The van der Waals surface area contributed by atoms with E-state index in [0.29, 0.717) is 16.3 Å². The first kappa shape index (κ1) is 14.1. The first-order valence-corrected chi connectivity index (χ1v) is 7.77. The first-order valence-electron chi connectivity index (χ1n) is 7.02. The van der Waals surface area contributed by atoms with Crippen molar-refractivity contribution in [1.29, 1.82) is 0 Å². The first-order chi connectivity index (χ1) is 10.6. The number of benzene rings is 1. The topological polar surface area (TPSA) is 50.3 Å². The van der Waals surface area contributed by atoms with Gasteiger partial charge in [0.15, 0.2) is 0 Å². The fourth-order valence-corrected chi connectivity index (χ4v) is 3.12. The molecule has 22 heavy (non-hydrogen) atoms. The van der Waals surface area contributed by atoms with Crippen molar-refractivity contribution in [1.82, 2.24) is 9.97 Å². The van der Waals surface area contributed by atoms with Crippen molar-refractivity contribution in [2.75, 3.05) is 36.5 Å². The molecule has 0 unspecified atom stereocenters. The van der Waals surface area contributed by atoms with Gasteiger partial charge in [0.2, 0.25) is 5.28 Å². The van der Waals surface area contributed by atoms with E-state index in [2.05, 4.69) is 20.2 Å². The summed E-state index contributed by atoms with van der Waals surface area (Å²) in [6.45, 7) is 3.61. The maximum Gasteiger partial charge on any atom is 0.226 e. The Morgan fingerprint density at radius 2 is 1.82 bits per heavy atom. The lowest BCUT2D eigenvalue weighted by Gasteiger charge is -2.55. The number of anilines is 3. The van der Waals surface area contributed by atoms with Crippen molar-refractivity contribution in [3.63, 3.8) is 0 Å². The van der Waals surface area contributed by atoms with Gasteiger partial charge in [-0.05, 0) is 35.9 Å². The van der Waals surface area contributed by atoms with Crippen LogP contribution in [0.5, 0.6) is 0 Å². The van der Waals surface area contributed by atoms with Crippen molar-refractivity contribution >= 4 is 40.5 Å². The predicted molar refractivity (Wildman–Crippen MR) is 87.2 cm³/mol. The van der Waals surface area contributed by atoms with Crippen LogP contribution >= 0.6 is 23.2 Å². The maximum absolute atomic E-state index is 6.05. The van der Waals surface area contributed by atoms with E-state index in [1.54, 1.807) is 0 Å². The molecule has 0 saturated carbocycles. The number of rotatable bonds is 3. The van der Waals surface area contributed by atoms with Gasteiger partial charge in [-0.15, -0.1) is 0 Å². The third-order valence-electron chi connectivity index (χ3n) is 3.99.